The van der Waals surface area contributed by atoms with Gasteiger partial charge in [0.05, 0.1) is 5.69 Å². The van der Waals surface area contributed by atoms with Crippen LogP contribution in [0.3, 0.4) is 0 Å². The van der Waals surface area contributed by atoms with Gasteiger partial charge in [-0.15, -0.1) is 0 Å². The number of H-pyrrole nitrogens is 1. The van der Waals surface area contributed by atoms with Crippen molar-refractivity contribution in [3.8, 4) is 11.3 Å². The number of aromatic amines is 1. The van der Waals surface area contributed by atoms with E-state index in [4.69, 9.17) is 11.6 Å². The van der Waals surface area contributed by atoms with Crippen LogP contribution in [-0.4, -0.2) is 27.6 Å². The minimum Gasteiger partial charge on any atom is -0.350 e. The molecule has 23 heavy (non-hydrogen) atoms. The molecule has 1 aromatic carbocycles. The van der Waals surface area contributed by atoms with Gasteiger partial charge < -0.3 is 5.32 Å². The van der Waals surface area contributed by atoms with E-state index in [9.17, 15) is 4.79 Å². The molecule has 0 saturated heterocycles. The average Bonchev–Trinajstić information content (AvgIpc) is 3.06. The maximum atomic E-state index is 12.1. The fourth-order valence-electron chi connectivity index (χ4n) is 2.15. The molecular formula is C17H15ClN4O. The Bertz CT molecular complexity index is 784. The maximum absolute atomic E-state index is 12.1. The molecule has 0 radical (unpaired) electrons. The summed E-state index contributed by atoms with van der Waals surface area (Å²) in [5.74, 6) is -0.186. The van der Waals surface area contributed by atoms with Crippen molar-refractivity contribution in [2.45, 2.75) is 6.42 Å². The first-order valence-corrected chi connectivity index (χ1v) is 7.59. The van der Waals surface area contributed by atoms with Gasteiger partial charge in [0.25, 0.3) is 5.91 Å². The lowest BCUT2D eigenvalue weighted by Gasteiger charge is -2.02. The SMILES string of the molecule is O=C(NCCc1ccccn1)c1cc(-c2ccc(Cl)cc2)n[nH]1. The highest BCUT2D eigenvalue weighted by atomic mass is 35.5. The van der Waals surface area contributed by atoms with Crippen LogP contribution >= 0.6 is 11.6 Å². The number of rotatable bonds is 5. The Morgan fingerprint density at radius 2 is 2.00 bits per heavy atom. The number of halogens is 1. The number of hydrogen-bond donors (Lipinski definition) is 2. The predicted molar refractivity (Wildman–Crippen MR) is 89.3 cm³/mol. The Balaban J connectivity index is 1.59. The molecule has 0 unspecified atom stereocenters. The van der Waals surface area contributed by atoms with Crippen molar-refractivity contribution >= 4 is 17.5 Å². The lowest BCUT2D eigenvalue weighted by molar-refractivity contribution is 0.0949. The van der Waals surface area contributed by atoms with E-state index in [1.54, 1.807) is 24.4 Å². The van der Waals surface area contributed by atoms with Crippen LogP contribution in [0.5, 0.6) is 0 Å². The fraction of sp³-hybridized carbons (Fsp3) is 0.118. The van der Waals surface area contributed by atoms with E-state index in [2.05, 4.69) is 20.5 Å². The maximum Gasteiger partial charge on any atom is 0.269 e. The molecule has 5 nitrogen and oxygen atoms in total. The van der Waals surface area contributed by atoms with Crippen molar-refractivity contribution in [3.63, 3.8) is 0 Å². The quantitative estimate of drug-likeness (QED) is 0.757. The largest absolute Gasteiger partial charge is 0.350 e. The van der Waals surface area contributed by atoms with Gasteiger partial charge in [-0.2, -0.15) is 5.10 Å². The van der Waals surface area contributed by atoms with E-state index in [-0.39, 0.29) is 5.91 Å². The number of hydrogen-bond acceptors (Lipinski definition) is 3. The first kappa shape index (κ1) is 15.2. The van der Waals surface area contributed by atoms with Crippen molar-refractivity contribution in [3.05, 3.63) is 71.1 Å². The van der Waals surface area contributed by atoms with Gasteiger partial charge in [0, 0.05) is 35.4 Å². The highest BCUT2D eigenvalue weighted by Crippen LogP contribution is 2.20. The van der Waals surface area contributed by atoms with E-state index >= 15 is 0 Å². The smallest absolute Gasteiger partial charge is 0.269 e. The molecule has 0 spiro atoms. The van der Waals surface area contributed by atoms with Crippen molar-refractivity contribution in [1.82, 2.24) is 20.5 Å². The first-order valence-electron chi connectivity index (χ1n) is 7.22. The first-order chi connectivity index (χ1) is 11.2. The molecule has 0 saturated carbocycles. The molecule has 2 heterocycles. The molecular weight excluding hydrogens is 312 g/mol. The van der Waals surface area contributed by atoms with Crippen LogP contribution < -0.4 is 5.32 Å². The van der Waals surface area contributed by atoms with Crippen LogP contribution in [0.2, 0.25) is 5.02 Å². The molecule has 0 aliphatic carbocycles. The molecule has 3 aromatic rings. The summed E-state index contributed by atoms with van der Waals surface area (Å²) in [7, 11) is 0. The second-order valence-electron chi connectivity index (χ2n) is 5.00. The van der Waals surface area contributed by atoms with Gasteiger partial charge in [-0.3, -0.25) is 14.9 Å². The summed E-state index contributed by atoms with van der Waals surface area (Å²) >= 11 is 5.87. The summed E-state index contributed by atoms with van der Waals surface area (Å²) in [4.78, 5) is 16.3. The number of amides is 1. The highest BCUT2D eigenvalue weighted by Gasteiger charge is 2.10. The Morgan fingerprint density at radius 1 is 1.17 bits per heavy atom. The minimum absolute atomic E-state index is 0.186. The van der Waals surface area contributed by atoms with Crippen LogP contribution in [0.15, 0.2) is 54.7 Å². The lowest BCUT2D eigenvalue weighted by Crippen LogP contribution is -2.26. The second kappa shape index (κ2) is 7.07. The summed E-state index contributed by atoms with van der Waals surface area (Å²) in [6, 6.07) is 14.8. The van der Waals surface area contributed by atoms with Gasteiger partial charge in [-0.1, -0.05) is 29.8 Å². The van der Waals surface area contributed by atoms with Crippen LogP contribution in [0.25, 0.3) is 11.3 Å². The molecule has 0 fully saturated rings. The molecule has 1 amide bonds. The zero-order valence-electron chi connectivity index (χ0n) is 12.3. The summed E-state index contributed by atoms with van der Waals surface area (Å²) in [5.41, 5.74) is 2.98. The number of benzene rings is 1. The van der Waals surface area contributed by atoms with Crippen LogP contribution in [0.4, 0.5) is 0 Å². The number of aromatic nitrogens is 3. The molecule has 0 atom stereocenters. The van der Waals surface area contributed by atoms with Crippen LogP contribution in [0.1, 0.15) is 16.2 Å². The summed E-state index contributed by atoms with van der Waals surface area (Å²) < 4.78 is 0. The molecule has 116 valence electrons. The average molecular weight is 327 g/mol. The molecule has 3 rings (SSSR count). The standard InChI is InChI=1S/C17H15ClN4O/c18-13-6-4-12(5-7-13)15-11-16(22-21-15)17(23)20-10-8-14-3-1-2-9-19-14/h1-7,9,11H,8,10H2,(H,20,23)(H,21,22). The predicted octanol–water partition coefficient (Wildman–Crippen LogP) is 3.10. The summed E-state index contributed by atoms with van der Waals surface area (Å²) in [6.07, 6.45) is 2.43. The van der Waals surface area contributed by atoms with E-state index in [0.717, 1.165) is 11.3 Å². The number of pyridine rings is 1. The van der Waals surface area contributed by atoms with Gasteiger partial charge >= 0.3 is 0 Å². The number of nitrogens with zero attached hydrogens (tertiary/aromatic N) is 2. The molecule has 0 aliphatic rings. The third kappa shape index (κ3) is 3.96. The molecule has 6 heteroatoms. The third-order valence-electron chi connectivity index (χ3n) is 3.36. The number of nitrogens with one attached hydrogen (secondary N) is 2. The normalized spacial score (nSPS) is 10.5. The summed E-state index contributed by atoms with van der Waals surface area (Å²) in [5, 5.41) is 10.4. The van der Waals surface area contributed by atoms with E-state index in [1.165, 1.54) is 0 Å². The zero-order chi connectivity index (χ0) is 16.1. The third-order valence-corrected chi connectivity index (χ3v) is 3.61. The molecule has 2 aromatic heterocycles. The minimum atomic E-state index is -0.186. The van der Waals surface area contributed by atoms with Gasteiger partial charge in [-0.25, -0.2) is 0 Å². The molecule has 0 aliphatic heterocycles. The zero-order valence-corrected chi connectivity index (χ0v) is 13.0. The Morgan fingerprint density at radius 3 is 2.74 bits per heavy atom. The van der Waals surface area contributed by atoms with Gasteiger partial charge in [0.15, 0.2) is 0 Å². The Hall–Kier alpha value is -2.66. The van der Waals surface area contributed by atoms with Crippen LogP contribution in [0, 0.1) is 0 Å². The number of carbonyl (C=O) groups excluding carboxylic acids is 1. The second-order valence-corrected chi connectivity index (χ2v) is 5.44. The van der Waals surface area contributed by atoms with Crippen molar-refractivity contribution in [2.75, 3.05) is 6.54 Å². The van der Waals surface area contributed by atoms with E-state index in [1.807, 2.05) is 30.3 Å². The Labute approximate surface area is 138 Å². The lowest BCUT2D eigenvalue weighted by atomic mass is 10.1. The van der Waals surface area contributed by atoms with Gasteiger partial charge in [0.1, 0.15) is 5.69 Å². The van der Waals surface area contributed by atoms with Gasteiger partial charge in [-0.05, 0) is 30.3 Å². The monoisotopic (exact) mass is 326 g/mol. The molecule has 0 bridgehead atoms. The topological polar surface area (TPSA) is 70.7 Å². The fourth-order valence-corrected chi connectivity index (χ4v) is 2.28. The number of carbonyl (C=O) groups is 1. The van der Waals surface area contributed by atoms with E-state index < -0.39 is 0 Å². The van der Waals surface area contributed by atoms with Crippen molar-refractivity contribution in [1.29, 1.82) is 0 Å². The molecule has 2 N–H and O–H groups in total. The van der Waals surface area contributed by atoms with Crippen molar-refractivity contribution < 1.29 is 4.79 Å². The van der Waals surface area contributed by atoms with Crippen molar-refractivity contribution in [2.24, 2.45) is 0 Å². The van der Waals surface area contributed by atoms with E-state index in [0.29, 0.717) is 29.4 Å². The van der Waals surface area contributed by atoms with Gasteiger partial charge in [0.2, 0.25) is 0 Å². The van der Waals surface area contributed by atoms with Crippen LogP contribution in [-0.2, 0) is 6.42 Å². The Kier molecular flexibility index (Phi) is 4.68. The summed E-state index contributed by atoms with van der Waals surface area (Å²) in [6.45, 7) is 0.519. The highest BCUT2D eigenvalue weighted by molar-refractivity contribution is 6.30.